The molecule has 0 bridgehead atoms. The normalized spacial score (nSPS) is 12.1. The average Bonchev–Trinajstić information content (AvgIpc) is 2.77. The number of benzene rings is 2. The van der Waals surface area contributed by atoms with Crippen LogP contribution in [-0.4, -0.2) is 55.8 Å². The number of hydrogen-bond donors (Lipinski definition) is 0. The zero-order valence-corrected chi connectivity index (χ0v) is 19.0. The number of non-ortho nitro benzene ring substituents is 1. The smallest absolute Gasteiger partial charge is 0.258 e. The van der Waals surface area contributed by atoms with Crippen LogP contribution >= 0.6 is 0 Å². The fraction of sp³-hybridized carbons (Fsp3) is 0.238. The lowest BCUT2D eigenvalue weighted by Gasteiger charge is -2.24. The van der Waals surface area contributed by atoms with Crippen molar-refractivity contribution in [3.05, 3.63) is 95.6 Å². The Kier molecular flexibility index (Phi) is 8.84. The van der Waals surface area contributed by atoms with Crippen LogP contribution in [0.1, 0.15) is 5.56 Å². The minimum absolute atomic E-state index is 0.0772. The van der Waals surface area contributed by atoms with Crippen molar-refractivity contribution in [2.45, 2.75) is 11.4 Å². The first-order valence-corrected chi connectivity index (χ1v) is 12.6. The van der Waals surface area contributed by atoms with Crippen LogP contribution < -0.4 is 0 Å². The lowest BCUT2D eigenvalue weighted by atomic mass is 10.2. The first-order valence-electron chi connectivity index (χ1n) is 9.60. The minimum Gasteiger partial charge on any atom is -0.258 e. The van der Waals surface area contributed by atoms with Crippen molar-refractivity contribution in [1.82, 2.24) is 8.61 Å². The van der Waals surface area contributed by atoms with Crippen molar-refractivity contribution in [2.75, 3.05) is 25.4 Å². The van der Waals surface area contributed by atoms with Crippen molar-refractivity contribution in [2.24, 2.45) is 0 Å². The van der Waals surface area contributed by atoms with Crippen LogP contribution in [0.5, 0.6) is 0 Å². The Balaban J connectivity index is 2.22. The summed E-state index contributed by atoms with van der Waals surface area (Å²) in [7, 11) is -7.91. The van der Waals surface area contributed by atoms with E-state index >= 15 is 0 Å². The maximum atomic E-state index is 13.0. The number of nitro benzene ring substituents is 1. The third-order valence-electron chi connectivity index (χ3n) is 4.54. The van der Waals surface area contributed by atoms with Gasteiger partial charge in [-0.3, -0.25) is 10.1 Å². The molecule has 172 valence electrons. The average molecular weight is 480 g/mol. The molecule has 32 heavy (non-hydrogen) atoms. The van der Waals surface area contributed by atoms with Crippen LogP contribution in [0.15, 0.2) is 84.8 Å². The summed E-state index contributed by atoms with van der Waals surface area (Å²) in [5.74, 6) is -0.451. The van der Waals surface area contributed by atoms with Crippen LogP contribution in [0.25, 0.3) is 0 Å². The molecule has 2 aromatic rings. The lowest BCUT2D eigenvalue weighted by Crippen LogP contribution is -2.40. The molecular weight excluding hydrogens is 454 g/mol. The van der Waals surface area contributed by atoms with Gasteiger partial charge in [-0.25, -0.2) is 16.8 Å². The number of nitrogens with zero attached hydrogens (tertiary/aromatic N) is 3. The van der Waals surface area contributed by atoms with E-state index in [4.69, 9.17) is 0 Å². The standard InChI is InChI=1S/C21H25N3O6S2/c1-3-14-22(32(29,30)21-12-10-20(11-13-21)24(25)26)16-17-31(27,28)23(15-4-2)18-19-8-6-5-7-9-19/h3-13H,1-2,14-18H2. The molecule has 2 rings (SSSR count). The second kappa shape index (κ2) is 11.1. The Morgan fingerprint density at radius 1 is 0.875 bits per heavy atom. The van der Waals surface area contributed by atoms with E-state index in [0.717, 1.165) is 34.1 Å². The van der Waals surface area contributed by atoms with Crippen molar-refractivity contribution < 1.29 is 21.8 Å². The quantitative estimate of drug-likeness (QED) is 0.248. The molecule has 0 saturated carbocycles. The molecule has 0 atom stereocenters. The van der Waals surface area contributed by atoms with Crippen molar-refractivity contribution in [1.29, 1.82) is 0 Å². The minimum atomic E-state index is -4.09. The predicted octanol–water partition coefficient (Wildman–Crippen LogP) is 2.79. The molecule has 0 amide bonds. The van der Waals surface area contributed by atoms with E-state index in [2.05, 4.69) is 13.2 Å². The molecule has 0 aliphatic rings. The molecule has 0 fully saturated rings. The van der Waals surface area contributed by atoms with E-state index < -0.39 is 30.7 Å². The van der Waals surface area contributed by atoms with E-state index in [1.807, 2.05) is 6.07 Å². The summed E-state index contributed by atoms with van der Waals surface area (Å²) in [5, 5.41) is 10.8. The highest BCUT2D eigenvalue weighted by Crippen LogP contribution is 2.20. The molecule has 0 aliphatic heterocycles. The van der Waals surface area contributed by atoms with E-state index in [9.17, 15) is 26.9 Å². The van der Waals surface area contributed by atoms with Crippen LogP contribution in [0, 0.1) is 10.1 Å². The zero-order valence-electron chi connectivity index (χ0n) is 17.4. The Labute approximate surface area is 188 Å². The molecule has 0 heterocycles. The third kappa shape index (κ3) is 6.57. The lowest BCUT2D eigenvalue weighted by molar-refractivity contribution is -0.384. The maximum Gasteiger partial charge on any atom is 0.269 e. The van der Waals surface area contributed by atoms with Gasteiger partial charge in [-0.15, -0.1) is 13.2 Å². The van der Waals surface area contributed by atoms with Gasteiger partial charge in [0.1, 0.15) is 0 Å². The van der Waals surface area contributed by atoms with Crippen molar-refractivity contribution in [3.63, 3.8) is 0 Å². The number of hydrogen-bond acceptors (Lipinski definition) is 6. The summed E-state index contributed by atoms with van der Waals surface area (Å²) in [4.78, 5) is 10.0. The van der Waals surface area contributed by atoms with Crippen LogP contribution in [0.3, 0.4) is 0 Å². The fourth-order valence-corrected chi connectivity index (χ4v) is 5.81. The molecule has 2 aromatic carbocycles. The Morgan fingerprint density at radius 2 is 1.44 bits per heavy atom. The molecule has 0 saturated heterocycles. The van der Waals surface area contributed by atoms with Gasteiger partial charge in [0, 0.05) is 38.3 Å². The Bertz CT molecular complexity index is 1150. The zero-order chi connectivity index (χ0) is 23.8. The summed E-state index contributed by atoms with van der Waals surface area (Å²) >= 11 is 0. The fourth-order valence-electron chi connectivity index (χ4n) is 2.90. The molecule has 0 aliphatic carbocycles. The van der Waals surface area contributed by atoms with Crippen LogP contribution in [0.2, 0.25) is 0 Å². The van der Waals surface area contributed by atoms with Gasteiger partial charge in [0.15, 0.2) is 0 Å². The molecular formula is C21H25N3O6S2. The molecule has 9 nitrogen and oxygen atoms in total. The van der Waals surface area contributed by atoms with Gasteiger partial charge in [0.2, 0.25) is 20.0 Å². The monoisotopic (exact) mass is 479 g/mol. The SMILES string of the molecule is C=CCN(Cc1ccccc1)S(=O)(=O)CCN(CC=C)S(=O)(=O)c1ccc([N+](=O)[O-])cc1. The first kappa shape index (κ1) is 25.4. The van der Waals surface area contributed by atoms with Gasteiger partial charge >= 0.3 is 0 Å². The summed E-state index contributed by atoms with van der Waals surface area (Å²) in [6, 6.07) is 13.4. The molecule has 0 aromatic heterocycles. The highest BCUT2D eigenvalue weighted by molar-refractivity contribution is 7.90. The van der Waals surface area contributed by atoms with E-state index in [-0.39, 0.29) is 36.8 Å². The highest BCUT2D eigenvalue weighted by Gasteiger charge is 2.28. The largest absolute Gasteiger partial charge is 0.269 e. The Morgan fingerprint density at radius 3 is 1.97 bits per heavy atom. The Hall–Kier alpha value is -2.86. The van der Waals surface area contributed by atoms with E-state index in [1.54, 1.807) is 24.3 Å². The van der Waals surface area contributed by atoms with Crippen molar-refractivity contribution in [3.8, 4) is 0 Å². The van der Waals surface area contributed by atoms with Gasteiger partial charge in [-0.05, 0) is 17.7 Å². The predicted molar refractivity (Wildman–Crippen MR) is 123 cm³/mol. The second-order valence-electron chi connectivity index (χ2n) is 6.79. The molecule has 0 N–H and O–H groups in total. The van der Waals surface area contributed by atoms with Gasteiger partial charge in [-0.1, -0.05) is 42.5 Å². The summed E-state index contributed by atoms with van der Waals surface area (Å²) in [5.41, 5.74) is 0.544. The highest BCUT2D eigenvalue weighted by atomic mass is 32.2. The first-order chi connectivity index (χ1) is 15.1. The van der Waals surface area contributed by atoms with Crippen molar-refractivity contribution >= 4 is 25.7 Å². The van der Waals surface area contributed by atoms with Gasteiger partial charge < -0.3 is 0 Å². The van der Waals surface area contributed by atoms with Gasteiger partial charge in [0.25, 0.3) is 5.69 Å². The molecule has 0 spiro atoms. The van der Waals surface area contributed by atoms with E-state index in [0.29, 0.717) is 0 Å². The summed E-state index contributed by atoms with van der Waals surface area (Å²) in [6.45, 7) is 6.93. The van der Waals surface area contributed by atoms with Crippen LogP contribution in [-0.2, 0) is 26.6 Å². The second-order valence-corrected chi connectivity index (χ2v) is 10.8. The number of rotatable bonds is 13. The molecule has 11 heteroatoms. The summed E-state index contributed by atoms with van der Waals surface area (Å²) in [6.07, 6.45) is 2.82. The third-order valence-corrected chi connectivity index (χ3v) is 8.19. The topological polar surface area (TPSA) is 118 Å². The number of nitro groups is 1. The molecule has 0 unspecified atom stereocenters. The van der Waals surface area contributed by atoms with Crippen LogP contribution in [0.4, 0.5) is 5.69 Å². The van der Waals surface area contributed by atoms with E-state index in [1.165, 1.54) is 16.5 Å². The number of sulfonamides is 2. The maximum absolute atomic E-state index is 13.0. The van der Waals surface area contributed by atoms with Gasteiger partial charge in [0.05, 0.1) is 15.6 Å². The molecule has 0 radical (unpaired) electrons. The summed E-state index contributed by atoms with van der Waals surface area (Å²) < 4.78 is 54.1. The van der Waals surface area contributed by atoms with Gasteiger partial charge in [-0.2, -0.15) is 8.61 Å².